The van der Waals surface area contributed by atoms with Crippen LogP contribution in [0.25, 0.3) is 0 Å². The lowest BCUT2D eigenvalue weighted by molar-refractivity contribution is -0.126. The molecule has 2 N–H and O–H groups in total. The number of hydrogen-bond acceptors (Lipinski definition) is 3. The zero-order valence-corrected chi connectivity index (χ0v) is 11.5. The standard InChI is InChI=1S/C13H26N2O2/c1-10(15(4)9-13(2,3)17)12(16)14-11-7-5-6-8-11/h10-11,17H,5-9H2,1-4H3,(H,14,16). The first-order chi connectivity index (χ1) is 7.79. The van der Waals surface area contributed by atoms with Gasteiger partial charge in [-0.3, -0.25) is 9.69 Å². The van der Waals surface area contributed by atoms with Crippen molar-refractivity contribution in [2.75, 3.05) is 13.6 Å². The van der Waals surface area contributed by atoms with Crippen LogP contribution < -0.4 is 5.32 Å². The molecule has 0 aliphatic heterocycles. The van der Waals surface area contributed by atoms with E-state index in [4.69, 9.17) is 0 Å². The van der Waals surface area contributed by atoms with Gasteiger partial charge in [0.15, 0.2) is 0 Å². The summed E-state index contributed by atoms with van der Waals surface area (Å²) in [6.07, 6.45) is 4.65. The van der Waals surface area contributed by atoms with Crippen LogP contribution in [0.5, 0.6) is 0 Å². The molecule has 0 aromatic carbocycles. The summed E-state index contributed by atoms with van der Waals surface area (Å²) in [7, 11) is 1.87. The number of likely N-dealkylation sites (N-methyl/N-ethyl adjacent to an activating group) is 1. The molecule has 1 aliphatic carbocycles. The third-order valence-electron chi connectivity index (χ3n) is 3.38. The number of nitrogens with zero attached hydrogens (tertiary/aromatic N) is 1. The van der Waals surface area contributed by atoms with Gasteiger partial charge in [0.1, 0.15) is 0 Å². The second-order valence-corrected chi connectivity index (χ2v) is 5.89. The van der Waals surface area contributed by atoms with Gasteiger partial charge in [-0.05, 0) is 40.7 Å². The maximum absolute atomic E-state index is 12.0. The van der Waals surface area contributed by atoms with Crippen LogP contribution in [-0.4, -0.2) is 47.2 Å². The third-order valence-corrected chi connectivity index (χ3v) is 3.38. The molecule has 1 rings (SSSR count). The maximum atomic E-state index is 12.0. The van der Waals surface area contributed by atoms with E-state index in [9.17, 15) is 9.90 Å². The fraction of sp³-hybridized carbons (Fsp3) is 0.923. The van der Waals surface area contributed by atoms with Gasteiger partial charge in [0.2, 0.25) is 5.91 Å². The first-order valence-corrected chi connectivity index (χ1v) is 6.52. The highest BCUT2D eigenvalue weighted by Crippen LogP contribution is 2.18. The van der Waals surface area contributed by atoms with Crippen molar-refractivity contribution < 1.29 is 9.90 Å². The summed E-state index contributed by atoms with van der Waals surface area (Å²) < 4.78 is 0. The molecule has 0 aromatic heterocycles. The van der Waals surface area contributed by atoms with Crippen LogP contribution in [0.2, 0.25) is 0 Å². The van der Waals surface area contributed by atoms with Crippen LogP contribution in [0, 0.1) is 0 Å². The summed E-state index contributed by atoms with van der Waals surface area (Å²) in [4.78, 5) is 13.9. The quantitative estimate of drug-likeness (QED) is 0.760. The summed E-state index contributed by atoms with van der Waals surface area (Å²) >= 11 is 0. The largest absolute Gasteiger partial charge is 0.389 e. The molecular weight excluding hydrogens is 216 g/mol. The summed E-state index contributed by atoms with van der Waals surface area (Å²) in [5.41, 5.74) is -0.767. The molecule has 1 saturated carbocycles. The summed E-state index contributed by atoms with van der Waals surface area (Å²) in [5.74, 6) is 0.0728. The van der Waals surface area contributed by atoms with Crippen LogP contribution in [-0.2, 0) is 4.79 Å². The van der Waals surface area contributed by atoms with E-state index in [0.717, 1.165) is 12.8 Å². The SMILES string of the molecule is CC(C(=O)NC1CCCC1)N(C)CC(C)(C)O. The molecule has 1 atom stereocenters. The molecule has 0 radical (unpaired) electrons. The van der Waals surface area contributed by atoms with Gasteiger partial charge in [0.05, 0.1) is 11.6 Å². The Morgan fingerprint density at radius 3 is 2.47 bits per heavy atom. The first-order valence-electron chi connectivity index (χ1n) is 6.52. The van der Waals surface area contributed by atoms with E-state index < -0.39 is 5.60 Å². The molecule has 0 spiro atoms. The van der Waals surface area contributed by atoms with Gasteiger partial charge in [-0.25, -0.2) is 0 Å². The Balaban J connectivity index is 2.39. The van der Waals surface area contributed by atoms with Gasteiger partial charge < -0.3 is 10.4 Å². The van der Waals surface area contributed by atoms with Crippen LogP contribution in [0.15, 0.2) is 0 Å². The average molecular weight is 242 g/mol. The van der Waals surface area contributed by atoms with Crippen molar-refractivity contribution in [1.82, 2.24) is 10.2 Å². The fourth-order valence-electron chi connectivity index (χ4n) is 2.34. The Labute approximate surface area is 104 Å². The molecule has 0 saturated heterocycles. The Hall–Kier alpha value is -0.610. The minimum Gasteiger partial charge on any atom is -0.389 e. The van der Waals surface area contributed by atoms with E-state index in [-0.39, 0.29) is 11.9 Å². The van der Waals surface area contributed by atoms with E-state index in [2.05, 4.69) is 5.32 Å². The van der Waals surface area contributed by atoms with Gasteiger partial charge >= 0.3 is 0 Å². The van der Waals surface area contributed by atoms with Crippen molar-refractivity contribution in [2.24, 2.45) is 0 Å². The molecule has 4 nitrogen and oxygen atoms in total. The van der Waals surface area contributed by atoms with E-state index >= 15 is 0 Å². The topological polar surface area (TPSA) is 52.6 Å². The molecule has 100 valence electrons. The van der Waals surface area contributed by atoms with Crippen molar-refractivity contribution in [3.05, 3.63) is 0 Å². The molecule has 1 amide bonds. The van der Waals surface area contributed by atoms with Gasteiger partial charge in [0, 0.05) is 12.6 Å². The Morgan fingerprint density at radius 2 is 2.00 bits per heavy atom. The molecule has 1 fully saturated rings. The van der Waals surface area contributed by atoms with E-state index in [1.807, 2.05) is 18.9 Å². The minimum atomic E-state index is -0.767. The zero-order chi connectivity index (χ0) is 13.1. The summed E-state index contributed by atoms with van der Waals surface area (Å²) in [6.45, 7) is 5.89. The maximum Gasteiger partial charge on any atom is 0.237 e. The highest BCUT2D eigenvalue weighted by atomic mass is 16.3. The minimum absolute atomic E-state index is 0.0728. The second-order valence-electron chi connectivity index (χ2n) is 5.89. The zero-order valence-electron chi connectivity index (χ0n) is 11.5. The van der Waals surface area contributed by atoms with Crippen molar-refractivity contribution in [3.63, 3.8) is 0 Å². The van der Waals surface area contributed by atoms with Gasteiger partial charge in [-0.2, -0.15) is 0 Å². The number of aliphatic hydroxyl groups is 1. The van der Waals surface area contributed by atoms with Crippen LogP contribution in [0.4, 0.5) is 0 Å². The lowest BCUT2D eigenvalue weighted by atomic mass is 10.1. The molecule has 1 aliphatic rings. The normalized spacial score (nSPS) is 19.6. The lowest BCUT2D eigenvalue weighted by Crippen LogP contribution is -2.49. The highest BCUT2D eigenvalue weighted by Gasteiger charge is 2.25. The number of nitrogens with one attached hydrogen (secondary N) is 1. The Bertz CT molecular complexity index is 255. The number of rotatable bonds is 5. The van der Waals surface area contributed by atoms with Gasteiger partial charge in [0.25, 0.3) is 0 Å². The Kier molecular flexibility index (Phi) is 4.95. The molecular formula is C13H26N2O2. The van der Waals surface area contributed by atoms with Gasteiger partial charge in [-0.1, -0.05) is 12.8 Å². The van der Waals surface area contributed by atoms with Crippen LogP contribution in [0.3, 0.4) is 0 Å². The Morgan fingerprint density at radius 1 is 1.47 bits per heavy atom. The van der Waals surface area contributed by atoms with E-state index in [1.165, 1.54) is 12.8 Å². The molecule has 0 aromatic rings. The number of carbonyl (C=O) groups excluding carboxylic acids is 1. The lowest BCUT2D eigenvalue weighted by Gasteiger charge is -2.30. The second kappa shape index (κ2) is 5.83. The smallest absolute Gasteiger partial charge is 0.237 e. The predicted molar refractivity (Wildman–Crippen MR) is 68.8 cm³/mol. The first kappa shape index (κ1) is 14.5. The molecule has 1 unspecified atom stereocenters. The summed E-state index contributed by atoms with van der Waals surface area (Å²) in [6, 6.07) is 0.169. The van der Waals surface area contributed by atoms with Crippen molar-refractivity contribution in [1.29, 1.82) is 0 Å². The number of carbonyl (C=O) groups is 1. The predicted octanol–water partition coefficient (Wildman–Crippen LogP) is 1.14. The van der Waals surface area contributed by atoms with E-state index in [1.54, 1.807) is 13.8 Å². The fourth-order valence-corrected chi connectivity index (χ4v) is 2.34. The van der Waals surface area contributed by atoms with Crippen molar-refractivity contribution in [3.8, 4) is 0 Å². The monoisotopic (exact) mass is 242 g/mol. The number of hydrogen-bond donors (Lipinski definition) is 2. The molecule has 17 heavy (non-hydrogen) atoms. The summed E-state index contributed by atoms with van der Waals surface area (Å²) in [5, 5.41) is 12.8. The van der Waals surface area contributed by atoms with Crippen LogP contribution in [0.1, 0.15) is 46.5 Å². The highest BCUT2D eigenvalue weighted by molar-refractivity contribution is 5.81. The number of amides is 1. The molecule has 0 bridgehead atoms. The third kappa shape index (κ3) is 5.04. The molecule has 4 heteroatoms. The van der Waals surface area contributed by atoms with Crippen LogP contribution >= 0.6 is 0 Å². The molecule has 0 heterocycles. The average Bonchev–Trinajstić information content (AvgIpc) is 2.66. The van der Waals surface area contributed by atoms with E-state index in [0.29, 0.717) is 12.6 Å². The van der Waals surface area contributed by atoms with Crippen molar-refractivity contribution >= 4 is 5.91 Å². The van der Waals surface area contributed by atoms with Crippen molar-refractivity contribution in [2.45, 2.75) is 64.1 Å². The van der Waals surface area contributed by atoms with Gasteiger partial charge in [-0.15, -0.1) is 0 Å².